The summed E-state index contributed by atoms with van der Waals surface area (Å²) in [7, 11) is 0. The molecule has 1 aromatic rings. The Hall–Kier alpha value is -0.830. The molecule has 3 unspecified atom stereocenters. The number of fused-ring (bicyclic) bond motifs is 1. The second-order valence-electron chi connectivity index (χ2n) is 4.88. The molecule has 0 aromatic carbocycles. The third-order valence-electron chi connectivity index (χ3n) is 3.70. The minimum absolute atomic E-state index is 0.581. The van der Waals surface area contributed by atoms with Crippen LogP contribution in [0.4, 0.5) is 0 Å². The fraction of sp³-hybridized carbons (Fsp3) is 0.727. The van der Waals surface area contributed by atoms with Gasteiger partial charge in [0.2, 0.25) is 0 Å². The molecular formula is C11H17N3. The van der Waals surface area contributed by atoms with E-state index in [9.17, 15) is 0 Å². The topological polar surface area (TPSA) is 29.9 Å². The highest BCUT2D eigenvalue weighted by molar-refractivity contribution is 5.13. The summed E-state index contributed by atoms with van der Waals surface area (Å²) in [5, 5.41) is 3.55. The standard InChI is InChI=1S/C11H17N3/c1-7(2)10-5-12-6-14(10)11-8-3-9(11)13-4-8/h5-9,11,13H,3-4H2,1-2H3. The van der Waals surface area contributed by atoms with Crippen molar-refractivity contribution in [2.24, 2.45) is 5.92 Å². The molecule has 3 nitrogen and oxygen atoms in total. The van der Waals surface area contributed by atoms with E-state index in [4.69, 9.17) is 0 Å². The van der Waals surface area contributed by atoms with Crippen molar-refractivity contribution in [1.29, 1.82) is 0 Å². The highest BCUT2D eigenvalue weighted by Gasteiger charge is 2.48. The van der Waals surface area contributed by atoms with Crippen LogP contribution in [0.3, 0.4) is 0 Å². The molecule has 2 aliphatic heterocycles. The Morgan fingerprint density at radius 1 is 1.57 bits per heavy atom. The number of nitrogens with one attached hydrogen (secondary N) is 1. The lowest BCUT2D eigenvalue weighted by molar-refractivity contribution is 0.214. The van der Waals surface area contributed by atoms with E-state index in [-0.39, 0.29) is 0 Å². The highest BCUT2D eigenvalue weighted by atomic mass is 15.2. The van der Waals surface area contributed by atoms with Crippen molar-refractivity contribution in [2.45, 2.75) is 38.3 Å². The van der Waals surface area contributed by atoms with Crippen molar-refractivity contribution < 1.29 is 0 Å². The predicted octanol–water partition coefficient (Wildman–Crippen LogP) is 1.54. The van der Waals surface area contributed by atoms with Crippen molar-refractivity contribution in [1.82, 2.24) is 14.9 Å². The summed E-state index contributed by atoms with van der Waals surface area (Å²) < 4.78 is 2.39. The molecule has 1 aromatic heterocycles. The lowest BCUT2D eigenvalue weighted by atomic mass is 9.79. The summed E-state index contributed by atoms with van der Waals surface area (Å²) in [5.74, 6) is 1.43. The molecule has 1 aliphatic carbocycles. The fourth-order valence-electron chi connectivity index (χ4n) is 2.88. The molecule has 3 fully saturated rings. The van der Waals surface area contributed by atoms with Crippen LogP contribution in [0.1, 0.15) is 37.9 Å². The van der Waals surface area contributed by atoms with Gasteiger partial charge in [-0.25, -0.2) is 4.98 Å². The van der Waals surface area contributed by atoms with Crippen LogP contribution in [-0.4, -0.2) is 22.1 Å². The number of hydrogen-bond donors (Lipinski definition) is 1. The van der Waals surface area contributed by atoms with Gasteiger partial charge in [0.05, 0.1) is 12.4 Å². The van der Waals surface area contributed by atoms with E-state index in [1.165, 1.54) is 18.7 Å². The van der Waals surface area contributed by atoms with E-state index < -0.39 is 0 Å². The molecule has 0 amide bonds. The second-order valence-corrected chi connectivity index (χ2v) is 4.88. The number of aromatic nitrogens is 2. The van der Waals surface area contributed by atoms with Gasteiger partial charge in [-0.15, -0.1) is 0 Å². The first kappa shape index (κ1) is 8.48. The molecule has 0 spiro atoms. The average molecular weight is 191 g/mol. The first-order valence-corrected chi connectivity index (χ1v) is 5.52. The number of rotatable bonds is 2. The van der Waals surface area contributed by atoms with Gasteiger partial charge in [0.15, 0.2) is 0 Å². The summed E-state index contributed by atoms with van der Waals surface area (Å²) in [5.41, 5.74) is 1.38. The summed E-state index contributed by atoms with van der Waals surface area (Å²) in [6, 6.07) is 1.40. The molecule has 3 heteroatoms. The fourth-order valence-corrected chi connectivity index (χ4v) is 2.88. The van der Waals surface area contributed by atoms with E-state index in [2.05, 4.69) is 28.7 Å². The van der Waals surface area contributed by atoms with Gasteiger partial charge in [-0.05, 0) is 18.3 Å². The third kappa shape index (κ3) is 0.989. The molecule has 1 saturated carbocycles. The highest BCUT2D eigenvalue weighted by Crippen LogP contribution is 2.44. The summed E-state index contributed by atoms with van der Waals surface area (Å²) in [6.07, 6.45) is 5.38. The normalized spacial score (nSPS) is 34.9. The first-order valence-electron chi connectivity index (χ1n) is 5.52. The molecule has 2 saturated heterocycles. The molecule has 3 heterocycles. The molecule has 3 atom stereocenters. The van der Waals surface area contributed by atoms with Crippen LogP contribution < -0.4 is 5.32 Å². The van der Waals surface area contributed by atoms with Crippen molar-refractivity contribution >= 4 is 0 Å². The average Bonchev–Trinajstić information content (AvgIpc) is 2.76. The van der Waals surface area contributed by atoms with Crippen LogP contribution in [0.5, 0.6) is 0 Å². The van der Waals surface area contributed by atoms with Gasteiger partial charge in [-0.2, -0.15) is 0 Å². The van der Waals surface area contributed by atoms with Gasteiger partial charge in [0, 0.05) is 24.5 Å². The van der Waals surface area contributed by atoms with E-state index >= 15 is 0 Å². The van der Waals surface area contributed by atoms with E-state index in [1.807, 2.05) is 12.5 Å². The smallest absolute Gasteiger partial charge is 0.0951 e. The van der Waals surface area contributed by atoms with Crippen LogP contribution in [0.15, 0.2) is 12.5 Å². The SMILES string of the molecule is CC(C)c1cncn1C1C2CNC1C2. The molecule has 0 radical (unpaired) electrons. The van der Waals surface area contributed by atoms with Crippen LogP contribution in [0.25, 0.3) is 0 Å². The van der Waals surface area contributed by atoms with Gasteiger partial charge in [-0.1, -0.05) is 13.8 Å². The predicted molar refractivity (Wildman–Crippen MR) is 55.3 cm³/mol. The van der Waals surface area contributed by atoms with Gasteiger partial charge >= 0.3 is 0 Å². The van der Waals surface area contributed by atoms with Crippen LogP contribution in [0.2, 0.25) is 0 Å². The number of hydrogen-bond acceptors (Lipinski definition) is 2. The first-order chi connectivity index (χ1) is 6.77. The van der Waals surface area contributed by atoms with E-state index in [1.54, 1.807) is 0 Å². The number of imidazole rings is 1. The van der Waals surface area contributed by atoms with Crippen molar-refractivity contribution in [2.75, 3.05) is 6.54 Å². The zero-order valence-electron chi connectivity index (χ0n) is 8.77. The molecule has 14 heavy (non-hydrogen) atoms. The van der Waals surface area contributed by atoms with Gasteiger partial charge < -0.3 is 9.88 Å². The van der Waals surface area contributed by atoms with Gasteiger partial charge in [0.1, 0.15) is 0 Å². The maximum atomic E-state index is 4.28. The zero-order valence-corrected chi connectivity index (χ0v) is 8.77. The Morgan fingerprint density at radius 2 is 2.43 bits per heavy atom. The largest absolute Gasteiger partial charge is 0.329 e. The third-order valence-corrected chi connectivity index (χ3v) is 3.70. The zero-order chi connectivity index (χ0) is 9.71. The van der Waals surface area contributed by atoms with Crippen LogP contribution in [0, 0.1) is 5.92 Å². The van der Waals surface area contributed by atoms with Crippen LogP contribution in [-0.2, 0) is 0 Å². The van der Waals surface area contributed by atoms with Gasteiger partial charge in [-0.3, -0.25) is 0 Å². The summed E-state index contributed by atoms with van der Waals surface area (Å²) in [6.45, 7) is 5.67. The van der Waals surface area contributed by atoms with Crippen molar-refractivity contribution in [3.63, 3.8) is 0 Å². The lowest BCUT2D eigenvalue weighted by Gasteiger charge is -2.37. The van der Waals surface area contributed by atoms with Crippen LogP contribution >= 0.6 is 0 Å². The minimum Gasteiger partial charge on any atom is -0.329 e. The summed E-state index contributed by atoms with van der Waals surface area (Å²) in [4.78, 5) is 4.28. The Morgan fingerprint density at radius 3 is 3.00 bits per heavy atom. The quantitative estimate of drug-likeness (QED) is 0.768. The maximum absolute atomic E-state index is 4.28. The maximum Gasteiger partial charge on any atom is 0.0951 e. The molecule has 76 valence electrons. The molecular weight excluding hydrogens is 174 g/mol. The monoisotopic (exact) mass is 191 g/mol. The van der Waals surface area contributed by atoms with Gasteiger partial charge in [0.25, 0.3) is 0 Å². The lowest BCUT2D eigenvalue weighted by Crippen LogP contribution is -2.39. The molecule has 3 aliphatic rings. The summed E-state index contributed by atoms with van der Waals surface area (Å²) >= 11 is 0. The Kier molecular flexibility index (Phi) is 1.71. The Balaban J connectivity index is 1.93. The second kappa shape index (κ2) is 2.83. The van der Waals surface area contributed by atoms with E-state index in [0.717, 1.165) is 5.92 Å². The molecule has 2 bridgehead atoms. The van der Waals surface area contributed by atoms with Crippen molar-refractivity contribution in [3.8, 4) is 0 Å². The van der Waals surface area contributed by atoms with Crippen molar-refractivity contribution in [3.05, 3.63) is 18.2 Å². The molecule has 4 rings (SSSR count). The number of nitrogens with zero attached hydrogens (tertiary/aromatic N) is 2. The molecule has 1 N–H and O–H groups in total. The Labute approximate surface area is 84.5 Å². The Bertz CT molecular complexity index is 328. The van der Waals surface area contributed by atoms with E-state index in [0.29, 0.717) is 18.0 Å². The minimum atomic E-state index is 0.581.